The van der Waals surface area contributed by atoms with Crippen molar-refractivity contribution in [1.82, 2.24) is 9.88 Å². The largest absolute Gasteiger partial charge is 0.497 e. The molecule has 0 fully saturated rings. The Bertz CT molecular complexity index is 685. The summed E-state index contributed by atoms with van der Waals surface area (Å²) in [5.74, 6) is 0.747. The second kappa shape index (κ2) is 9.50. The van der Waals surface area contributed by atoms with Crippen molar-refractivity contribution in [2.45, 2.75) is 13.3 Å². The van der Waals surface area contributed by atoms with Gasteiger partial charge in [0.1, 0.15) is 5.75 Å². The molecule has 6 nitrogen and oxygen atoms in total. The lowest BCUT2D eigenvalue weighted by molar-refractivity contribution is -0.117. The third-order valence-corrected chi connectivity index (χ3v) is 4.59. The smallest absolute Gasteiger partial charge is 0.240 e. The van der Waals surface area contributed by atoms with Gasteiger partial charge in [0.15, 0.2) is 5.13 Å². The Morgan fingerprint density at radius 2 is 2.00 bits per heavy atom. The second-order valence-corrected chi connectivity index (χ2v) is 6.99. The monoisotopic (exact) mass is 363 g/mol. The minimum absolute atomic E-state index is 0.0602. The van der Waals surface area contributed by atoms with E-state index in [4.69, 9.17) is 9.47 Å². The van der Waals surface area contributed by atoms with Crippen LogP contribution in [0.3, 0.4) is 0 Å². The molecule has 1 heterocycles. The lowest BCUT2D eigenvalue weighted by Gasteiger charge is -2.15. The zero-order chi connectivity index (χ0) is 18.2. The topological polar surface area (TPSA) is 63.7 Å². The van der Waals surface area contributed by atoms with Crippen LogP contribution in [0.25, 0.3) is 11.3 Å². The molecule has 0 aliphatic heterocycles. The Hall–Kier alpha value is -1.96. The molecule has 0 radical (unpaired) electrons. The predicted octanol–water partition coefficient (Wildman–Crippen LogP) is 3.03. The maximum absolute atomic E-state index is 12.2. The number of methoxy groups -OCH3 is 2. The first kappa shape index (κ1) is 19.4. The van der Waals surface area contributed by atoms with Crippen LogP contribution in [0.15, 0.2) is 24.3 Å². The Balaban J connectivity index is 1.95. The molecule has 136 valence electrons. The van der Waals surface area contributed by atoms with Gasteiger partial charge < -0.3 is 14.8 Å². The number of hydrogen-bond donors (Lipinski definition) is 1. The fraction of sp³-hybridized carbons (Fsp3) is 0.444. The van der Waals surface area contributed by atoms with Gasteiger partial charge in [0.05, 0.1) is 19.3 Å². The summed E-state index contributed by atoms with van der Waals surface area (Å²) >= 11 is 1.48. The van der Waals surface area contributed by atoms with E-state index in [1.54, 1.807) is 14.2 Å². The number of likely N-dealkylation sites (N-methyl/N-ethyl adjacent to an activating group) is 1. The van der Waals surface area contributed by atoms with Crippen molar-refractivity contribution in [2.24, 2.45) is 0 Å². The minimum atomic E-state index is -0.0602. The van der Waals surface area contributed by atoms with Gasteiger partial charge in [-0.25, -0.2) is 4.98 Å². The maximum Gasteiger partial charge on any atom is 0.240 e. The number of nitrogens with zero attached hydrogens (tertiary/aromatic N) is 2. The number of hydrogen-bond acceptors (Lipinski definition) is 6. The summed E-state index contributed by atoms with van der Waals surface area (Å²) in [6.45, 7) is 3.85. The van der Waals surface area contributed by atoms with E-state index >= 15 is 0 Å². The highest BCUT2D eigenvalue weighted by Crippen LogP contribution is 2.31. The summed E-state index contributed by atoms with van der Waals surface area (Å²) in [4.78, 5) is 19.8. The molecule has 0 atom stereocenters. The van der Waals surface area contributed by atoms with Crippen molar-refractivity contribution >= 4 is 22.4 Å². The number of anilines is 1. The third kappa shape index (κ3) is 5.81. The normalized spacial score (nSPS) is 10.9. The van der Waals surface area contributed by atoms with E-state index in [1.165, 1.54) is 11.3 Å². The summed E-state index contributed by atoms with van der Waals surface area (Å²) in [6.07, 6.45) is 0.901. The fourth-order valence-corrected chi connectivity index (χ4v) is 3.28. The molecule has 1 aromatic heterocycles. The van der Waals surface area contributed by atoms with E-state index in [0.717, 1.165) is 34.8 Å². The highest BCUT2D eigenvalue weighted by Gasteiger charge is 2.13. The zero-order valence-corrected chi connectivity index (χ0v) is 16.0. The molecule has 0 unspecified atom stereocenters. The summed E-state index contributed by atoms with van der Waals surface area (Å²) in [5, 5.41) is 3.51. The van der Waals surface area contributed by atoms with Crippen LogP contribution < -0.4 is 10.1 Å². The van der Waals surface area contributed by atoms with Crippen molar-refractivity contribution in [3.05, 3.63) is 29.1 Å². The maximum atomic E-state index is 12.2. The molecule has 25 heavy (non-hydrogen) atoms. The minimum Gasteiger partial charge on any atom is -0.497 e. The molecule has 2 aromatic rings. The van der Waals surface area contributed by atoms with E-state index in [9.17, 15) is 4.79 Å². The molecular formula is C18H25N3O3S. The molecule has 1 amide bonds. The molecule has 2 rings (SSSR count). The van der Waals surface area contributed by atoms with Crippen molar-refractivity contribution in [3.8, 4) is 17.0 Å². The van der Waals surface area contributed by atoms with E-state index in [1.807, 2.05) is 43.1 Å². The number of benzene rings is 1. The SMILES string of the molecule is COCCCN(C)CC(=O)Nc1nc(-c2ccc(OC)cc2)c(C)s1. The van der Waals surface area contributed by atoms with E-state index in [2.05, 4.69) is 10.3 Å². The number of nitrogens with one attached hydrogen (secondary N) is 1. The van der Waals surface area contributed by atoms with Crippen LogP contribution in [0.1, 0.15) is 11.3 Å². The highest BCUT2D eigenvalue weighted by molar-refractivity contribution is 7.16. The number of rotatable bonds is 9. The highest BCUT2D eigenvalue weighted by atomic mass is 32.1. The van der Waals surface area contributed by atoms with Crippen molar-refractivity contribution < 1.29 is 14.3 Å². The van der Waals surface area contributed by atoms with Crippen LogP contribution in [-0.2, 0) is 9.53 Å². The Morgan fingerprint density at radius 1 is 1.28 bits per heavy atom. The second-order valence-electron chi connectivity index (χ2n) is 5.78. The number of thiazole rings is 1. The summed E-state index contributed by atoms with van der Waals surface area (Å²) in [7, 11) is 5.24. The van der Waals surface area contributed by atoms with E-state index in [0.29, 0.717) is 18.3 Å². The van der Waals surface area contributed by atoms with Crippen molar-refractivity contribution in [1.29, 1.82) is 0 Å². The first-order valence-electron chi connectivity index (χ1n) is 8.12. The molecule has 0 aliphatic carbocycles. The lowest BCUT2D eigenvalue weighted by Crippen LogP contribution is -2.31. The fourth-order valence-electron chi connectivity index (χ4n) is 2.43. The quantitative estimate of drug-likeness (QED) is 0.694. The Morgan fingerprint density at radius 3 is 2.64 bits per heavy atom. The predicted molar refractivity (Wildman–Crippen MR) is 101 cm³/mol. The average Bonchev–Trinajstić information content (AvgIpc) is 2.95. The van der Waals surface area contributed by atoms with Gasteiger partial charge in [-0.05, 0) is 44.7 Å². The third-order valence-electron chi connectivity index (χ3n) is 3.71. The van der Waals surface area contributed by atoms with E-state index < -0.39 is 0 Å². The van der Waals surface area contributed by atoms with Crippen LogP contribution in [0.5, 0.6) is 5.75 Å². The van der Waals surface area contributed by atoms with Gasteiger partial charge in [0.2, 0.25) is 5.91 Å². The van der Waals surface area contributed by atoms with Gasteiger partial charge in [0.25, 0.3) is 0 Å². The number of aromatic nitrogens is 1. The zero-order valence-electron chi connectivity index (χ0n) is 15.2. The van der Waals surface area contributed by atoms with Crippen molar-refractivity contribution in [3.63, 3.8) is 0 Å². The number of carbonyl (C=O) groups is 1. The molecule has 0 aliphatic rings. The molecule has 1 N–H and O–H groups in total. The summed E-state index contributed by atoms with van der Waals surface area (Å²) < 4.78 is 10.2. The van der Waals surface area contributed by atoms with Gasteiger partial charge in [-0.2, -0.15) is 0 Å². The van der Waals surface area contributed by atoms with Gasteiger partial charge >= 0.3 is 0 Å². The van der Waals surface area contributed by atoms with Crippen LogP contribution in [0.2, 0.25) is 0 Å². The standard InChI is InChI=1S/C18H25N3O3S/c1-13-17(14-6-8-15(24-4)9-7-14)20-18(25-13)19-16(22)12-21(2)10-5-11-23-3/h6-9H,5,10-12H2,1-4H3,(H,19,20,22). The summed E-state index contributed by atoms with van der Waals surface area (Å²) in [6, 6.07) is 7.74. The van der Waals surface area contributed by atoms with Crippen LogP contribution in [0.4, 0.5) is 5.13 Å². The molecular weight excluding hydrogens is 338 g/mol. The molecule has 7 heteroatoms. The van der Waals surface area contributed by atoms with Crippen LogP contribution in [0, 0.1) is 6.92 Å². The van der Waals surface area contributed by atoms with Gasteiger partial charge in [-0.1, -0.05) is 0 Å². The first-order chi connectivity index (χ1) is 12.0. The number of aryl methyl sites for hydroxylation is 1. The molecule has 0 spiro atoms. The number of ether oxygens (including phenoxy) is 2. The van der Waals surface area contributed by atoms with Crippen LogP contribution in [-0.4, -0.2) is 56.8 Å². The lowest BCUT2D eigenvalue weighted by atomic mass is 10.1. The summed E-state index contributed by atoms with van der Waals surface area (Å²) in [5.41, 5.74) is 1.89. The molecule has 1 aromatic carbocycles. The van der Waals surface area contributed by atoms with E-state index in [-0.39, 0.29) is 5.91 Å². The Kier molecular flexibility index (Phi) is 7.36. The first-order valence-corrected chi connectivity index (χ1v) is 8.94. The molecule has 0 bridgehead atoms. The van der Waals surface area contributed by atoms with Gasteiger partial charge in [-0.15, -0.1) is 11.3 Å². The Labute approximate surface area is 152 Å². The molecule has 0 saturated heterocycles. The van der Waals surface area contributed by atoms with Gasteiger partial charge in [-0.3, -0.25) is 9.69 Å². The van der Waals surface area contributed by atoms with Crippen molar-refractivity contribution in [2.75, 3.05) is 46.3 Å². The number of carbonyl (C=O) groups excluding carboxylic acids is 1. The van der Waals surface area contributed by atoms with Crippen LogP contribution >= 0.6 is 11.3 Å². The van der Waals surface area contributed by atoms with Gasteiger partial charge in [0, 0.05) is 30.7 Å². The average molecular weight is 363 g/mol. The number of amides is 1. The molecule has 0 saturated carbocycles.